The molecule has 0 spiro atoms. The van der Waals surface area contributed by atoms with E-state index in [4.69, 9.17) is 4.74 Å². The highest BCUT2D eigenvalue weighted by atomic mass is 16.5. The number of hydrogen-bond donors (Lipinski definition) is 2. The summed E-state index contributed by atoms with van der Waals surface area (Å²) in [6.45, 7) is 6.86. The van der Waals surface area contributed by atoms with Gasteiger partial charge in [-0.25, -0.2) is 0 Å². The fourth-order valence-corrected chi connectivity index (χ4v) is 2.41. The average molecular weight is 276 g/mol. The zero-order chi connectivity index (χ0) is 14.6. The van der Waals surface area contributed by atoms with Gasteiger partial charge in [-0.3, -0.25) is 4.79 Å². The van der Waals surface area contributed by atoms with Crippen LogP contribution in [0.1, 0.15) is 40.0 Å². The van der Waals surface area contributed by atoms with Crippen LogP contribution < -0.4 is 15.4 Å². The maximum absolute atomic E-state index is 12.3. The number of anilines is 1. The Morgan fingerprint density at radius 2 is 2.00 bits per heavy atom. The Kier molecular flexibility index (Phi) is 4.65. The largest absolute Gasteiger partial charge is 0.491 e. The maximum atomic E-state index is 12.3. The molecule has 4 heteroatoms. The van der Waals surface area contributed by atoms with Crippen molar-refractivity contribution in [3.63, 3.8) is 0 Å². The molecule has 2 N–H and O–H groups in total. The summed E-state index contributed by atoms with van der Waals surface area (Å²) in [5, 5.41) is 6.29. The van der Waals surface area contributed by atoms with Crippen LogP contribution in [0.4, 0.5) is 5.69 Å². The van der Waals surface area contributed by atoms with Crippen LogP contribution >= 0.6 is 0 Å². The van der Waals surface area contributed by atoms with Crippen molar-refractivity contribution in [1.82, 2.24) is 5.32 Å². The van der Waals surface area contributed by atoms with Crippen molar-refractivity contribution in [1.29, 1.82) is 0 Å². The molecule has 0 aromatic heterocycles. The SMILES string of the molecule is CC(C)Oc1ccc(NC(=O)C2(C)CCCCN2)cc1. The number of benzene rings is 1. The molecule has 1 fully saturated rings. The standard InChI is InChI=1S/C16H24N2O2/c1-12(2)20-14-8-6-13(7-9-14)18-15(19)16(3)10-4-5-11-17-16/h6-9,12,17H,4-5,10-11H2,1-3H3,(H,18,19). The second kappa shape index (κ2) is 6.27. The summed E-state index contributed by atoms with van der Waals surface area (Å²) in [4.78, 5) is 12.3. The molecule has 1 aliphatic rings. The summed E-state index contributed by atoms with van der Waals surface area (Å²) in [6, 6.07) is 7.52. The molecule has 1 atom stereocenters. The van der Waals surface area contributed by atoms with Crippen LogP contribution in [0.2, 0.25) is 0 Å². The molecule has 1 amide bonds. The number of nitrogens with one attached hydrogen (secondary N) is 2. The lowest BCUT2D eigenvalue weighted by Crippen LogP contribution is -2.54. The zero-order valence-corrected chi connectivity index (χ0v) is 12.5. The Labute approximate surface area is 120 Å². The summed E-state index contributed by atoms with van der Waals surface area (Å²) in [5.41, 5.74) is 0.352. The van der Waals surface area contributed by atoms with Gasteiger partial charge in [0.2, 0.25) is 5.91 Å². The van der Waals surface area contributed by atoms with E-state index in [1.807, 2.05) is 45.0 Å². The maximum Gasteiger partial charge on any atom is 0.244 e. The number of rotatable bonds is 4. The van der Waals surface area contributed by atoms with Gasteiger partial charge in [0, 0.05) is 5.69 Å². The Bertz CT molecular complexity index is 448. The van der Waals surface area contributed by atoms with Gasteiger partial charge in [-0.05, 0) is 70.8 Å². The zero-order valence-electron chi connectivity index (χ0n) is 12.5. The van der Waals surface area contributed by atoms with E-state index in [0.717, 1.165) is 37.2 Å². The van der Waals surface area contributed by atoms with Crippen LogP contribution in [-0.4, -0.2) is 24.1 Å². The molecular formula is C16H24N2O2. The van der Waals surface area contributed by atoms with Gasteiger partial charge in [0.15, 0.2) is 0 Å². The molecule has 1 aromatic carbocycles. The normalized spacial score (nSPS) is 22.6. The van der Waals surface area contributed by atoms with E-state index in [1.54, 1.807) is 0 Å². The lowest BCUT2D eigenvalue weighted by Gasteiger charge is -2.33. The molecule has 110 valence electrons. The summed E-state index contributed by atoms with van der Waals surface area (Å²) in [6.07, 6.45) is 3.27. The molecule has 2 rings (SSSR count). The fraction of sp³-hybridized carbons (Fsp3) is 0.562. The molecular weight excluding hydrogens is 252 g/mol. The van der Waals surface area contributed by atoms with Crippen molar-refractivity contribution in [2.45, 2.75) is 51.7 Å². The molecule has 1 aliphatic heterocycles. The first kappa shape index (κ1) is 14.9. The Hall–Kier alpha value is -1.55. The summed E-state index contributed by atoms with van der Waals surface area (Å²) in [7, 11) is 0. The Morgan fingerprint density at radius 1 is 1.30 bits per heavy atom. The van der Waals surface area contributed by atoms with Gasteiger partial charge in [0.05, 0.1) is 11.6 Å². The number of amides is 1. The molecule has 4 nitrogen and oxygen atoms in total. The number of carbonyl (C=O) groups is 1. The van der Waals surface area contributed by atoms with E-state index < -0.39 is 5.54 Å². The number of ether oxygens (including phenoxy) is 1. The van der Waals surface area contributed by atoms with Gasteiger partial charge in [0.25, 0.3) is 0 Å². The minimum atomic E-state index is -0.453. The minimum absolute atomic E-state index is 0.0368. The van der Waals surface area contributed by atoms with E-state index >= 15 is 0 Å². The predicted octanol–water partition coefficient (Wildman–Crippen LogP) is 2.94. The van der Waals surface area contributed by atoms with Crippen molar-refractivity contribution in [2.75, 3.05) is 11.9 Å². The lowest BCUT2D eigenvalue weighted by molar-refractivity contribution is -0.122. The third kappa shape index (κ3) is 3.73. The van der Waals surface area contributed by atoms with Gasteiger partial charge >= 0.3 is 0 Å². The van der Waals surface area contributed by atoms with Crippen LogP contribution in [0.3, 0.4) is 0 Å². The predicted molar refractivity (Wildman–Crippen MR) is 81.1 cm³/mol. The quantitative estimate of drug-likeness (QED) is 0.889. The van der Waals surface area contributed by atoms with Crippen molar-refractivity contribution in [2.24, 2.45) is 0 Å². The minimum Gasteiger partial charge on any atom is -0.491 e. The average Bonchev–Trinajstić information content (AvgIpc) is 2.41. The molecule has 0 aliphatic carbocycles. The lowest BCUT2D eigenvalue weighted by atomic mass is 9.90. The summed E-state index contributed by atoms with van der Waals surface area (Å²) in [5.74, 6) is 0.856. The van der Waals surface area contributed by atoms with Gasteiger partial charge < -0.3 is 15.4 Å². The Balaban J connectivity index is 1.97. The molecule has 1 aromatic rings. The second-order valence-corrected chi connectivity index (χ2v) is 5.86. The second-order valence-electron chi connectivity index (χ2n) is 5.86. The monoisotopic (exact) mass is 276 g/mol. The number of carbonyl (C=O) groups excluding carboxylic acids is 1. The summed E-state index contributed by atoms with van der Waals surface area (Å²) < 4.78 is 5.59. The van der Waals surface area contributed by atoms with Crippen molar-refractivity contribution < 1.29 is 9.53 Å². The molecule has 0 saturated carbocycles. The third-order valence-electron chi connectivity index (χ3n) is 3.60. The van der Waals surface area contributed by atoms with Gasteiger partial charge in [-0.2, -0.15) is 0 Å². The Morgan fingerprint density at radius 3 is 2.55 bits per heavy atom. The van der Waals surface area contributed by atoms with Gasteiger partial charge in [-0.1, -0.05) is 0 Å². The molecule has 1 unspecified atom stereocenters. The van der Waals surface area contributed by atoms with Crippen LogP contribution in [0.15, 0.2) is 24.3 Å². The van der Waals surface area contributed by atoms with E-state index in [-0.39, 0.29) is 12.0 Å². The van der Waals surface area contributed by atoms with Crippen molar-refractivity contribution in [3.05, 3.63) is 24.3 Å². The van der Waals surface area contributed by atoms with E-state index in [1.165, 1.54) is 0 Å². The highest BCUT2D eigenvalue weighted by Gasteiger charge is 2.34. The smallest absolute Gasteiger partial charge is 0.244 e. The van der Waals surface area contributed by atoms with Crippen LogP contribution in [-0.2, 0) is 4.79 Å². The van der Waals surface area contributed by atoms with Crippen LogP contribution in [0.25, 0.3) is 0 Å². The molecule has 0 radical (unpaired) electrons. The van der Waals surface area contributed by atoms with Crippen molar-refractivity contribution in [3.8, 4) is 5.75 Å². The highest BCUT2D eigenvalue weighted by molar-refractivity contribution is 5.97. The van der Waals surface area contributed by atoms with E-state index in [9.17, 15) is 4.79 Å². The van der Waals surface area contributed by atoms with E-state index in [2.05, 4.69) is 10.6 Å². The van der Waals surface area contributed by atoms with Crippen LogP contribution in [0.5, 0.6) is 5.75 Å². The number of piperidine rings is 1. The first-order valence-corrected chi connectivity index (χ1v) is 7.33. The fourth-order valence-electron chi connectivity index (χ4n) is 2.41. The van der Waals surface area contributed by atoms with Gasteiger partial charge in [-0.15, -0.1) is 0 Å². The number of hydrogen-bond acceptors (Lipinski definition) is 3. The third-order valence-corrected chi connectivity index (χ3v) is 3.60. The first-order valence-electron chi connectivity index (χ1n) is 7.33. The molecule has 0 bridgehead atoms. The van der Waals surface area contributed by atoms with Crippen LogP contribution in [0, 0.1) is 0 Å². The summed E-state index contributed by atoms with van der Waals surface area (Å²) >= 11 is 0. The van der Waals surface area contributed by atoms with Crippen molar-refractivity contribution >= 4 is 11.6 Å². The molecule has 1 saturated heterocycles. The van der Waals surface area contributed by atoms with E-state index in [0.29, 0.717) is 0 Å². The van der Waals surface area contributed by atoms with Gasteiger partial charge in [0.1, 0.15) is 5.75 Å². The molecule has 20 heavy (non-hydrogen) atoms. The molecule has 1 heterocycles. The topological polar surface area (TPSA) is 50.4 Å². The highest BCUT2D eigenvalue weighted by Crippen LogP contribution is 2.22. The first-order chi connectivity index (χ1) is 9.49.